The number of hydrogen-bond acceptors (Lipinski definition) is 1. The number of benzene rings is 1. The van der Waals surface area contributed by atoms with Gasteiger partial charge in [-0.15, -0.1) is 0 Å². The Labute approximate surface area is 119 Å². The molecule has 4 N–H and O–H groups in total. The number of amides is 1. The first-order valence-electron chi connectivity index (χ1n) is 5.18. The summed E-state index contributed by atoms with van der Waals surface area (Å²) in [5.41, 5.74) is 11.1. The van der Waals surface area contributed by atoms with Gasteiger partial charge < -0.3 is 11.5 Å². The van der Waals surface area contributed by atoms with E-state index in [4.69, 9.17) is 46.3 Å². The highest BCUT2D eigenvalue weighted by Gasteiger charge is 2.45. The maximum atomic E-state index is 11.6. The minimum Gasteiger partial charge on any atom is -0.370 e. The van der Waals surface area contributed by atoms with Crippen LogP contribution < -0.4 is 11.5 Å². The van der Waals surface area contributed by atoms with Crippen molar-refractivity contribution in [3.63, 3.8) is 0 Å². The number of guanidine groups is 1. The average molecular weight is 307 g/mol. The molecule has 0 heterocycles. The van der Waals surface area contributed by atoms with E-state index in [9.17, 15) is 4.79 Å². The Morgan fingerprint density at radius 1 is 1.28 bits per heavy atom. The highest BCUT2D eigenvalue weighted by atomic mass is 35.5. The molecular weight excluding hydrogens is 296 g/mol. The van der Waals surface area contributed by atoms with Crippen LogP contribution in [-0.2, 0) is 4.79 Å². The van der Waals surface area contributed by atoms with E-state index < -0.39 is 0 Å². The lowest BCUT2D eigenvalue weighted by Gasteiger charge is -2.05. The van der Waals surface area contributed by atoms with E-state index in [1.54, 1.807) is 12.1 Å². The second-order valence-electron chi connectivity index (χ2n) is 4.11. The van der Waals surface area contributed by atoms with Gasteiger partial charge in [0.2, 0.25) is 0 Å². The van der Waals surface area contributed by atoms with Crippen molar-refractivity contribution in [3.05, 3.63) is 32.8 Å². The van der Waals surface area contributed by atoms with Crippen LogP contribution in [0.2, 0.25) is 15.1 Å². The molecule has 0 aromatic heterocycles. The van der Waals surface area contributed by atoms with Crippen molar-refractivity contribution in [2.45, 2.75) is 12.3 Å². The zero-order valence-electron chi connectivity index (χ0n) is 9.16. The number of carbonyl (C=O) groups excluding carboxylic acids is 1. The molecule has 0 radical (unpaired) electrons. The molecule has 1 aliphatic rings. The summed E-state index contributed by atoms with van der Waals surface area (Å²) in [5.74, 6) is -0.850. The molecule has 0 bridgehead atoms. The van der Waals surface area contributed by atoms with Crippen LogP contribution in [0.5, 0.6) is 0 Å². The third-order valence-corrected chi connectivity index (χ3v) is 3.80. The van der Waals surface area contributed by atoms with E-state index >= 15 is 0 Å². The van der Waals surface area contributed by atoms with Crippen LogP contribution >= 0.6 is 34.8 Å². The molecule has 2 rings (SSSR count). The second kappa shape index (κ2) is 4.96. The summed E-state index contributed by atoms with van der Waals surface area (Å²) in [7, 11) is 0. The van der Waals surface area contributed by atoms with Gasteiger partial charge in [-0.2, -0.15) is 4.99 Å². The van der Waals surface area contributed by atoms with Crippen molar-refractivity contribution in [1.82, 2.24) is 0 Å². The van der Waals surface area contributed by atoms with Gasteiger partial charge in [-0.3, -0.25) is 4.79 Å². The molecule has 1 amide bonds. The molecule has 7 heteroatoms. The summed E-state index contributed by atoms with van der Waals surface area (Å²) in [5, 5.41) is 1.28. The van der Waals surface area contributed by atoms with Gasteiger partial charge in [-0.05, 0) is 30.0 Å². The van der Waals surface area contributed by atoms with Crippen LogP contribution in [0.1, 0.15) is 17.9 Å². The van der Waals surface area contributed by atoms with E-state index in [0.717, 1.165) is 5.56 Å². The standard InChI is InChI=1S/C11H10Cl3N3O/c12-4-1-6(9(14)8(13)2-4)5-3-7(5)10(18)17-11(15)16/h1-2,5,7H,3H2,(H4,15,16,17,18). The summed E-state index contributed by atoms with van der Waals surface area (Å²) in [6, 6.07) is 3.27. The smallest absolute Gasteiger partial charge is 0.252 e. The Hall–Kier alpha value is -0.970. The Kier molecular flexibility index (Phi) is 3.71. The maximum absolute atomic E-state index is 11.6. The van der Waals surface area contributed by atoms with Gasteiger partial charge in [0.05, 0.1) is 10.0 Å². The first-order chi connectivity index (χ1) is 8.40. The molecular formula is C11H10Cl3N3O. The van der Waals surface area contributed by atoms with E-state index in [2.05, 4.69) is 4.99 Å². The monoisotopic (exact) mass is 305 g/mol. The van der Waals surface area contributed by atoms with E-state index in [0.29, 0.717) is 21.5 Å². The topological polar surface area (TPSA) is 81.5 Å². The van der Waals surface area contributed by atoms with Crippen molar-refractivity contribution in [3.8, 4) is 0 Å². The number of aliphatic imine (C=N–C) groups is 1. The lowest BCUT2D eigenvalue weighted by Crippen LogP contribution is -2.24. The Morgan fingerprint density at radius 3 is 2.56 bits per heavy atom. The molecule has 96 valence electrons. The summed E-state index contributed by atoms with van der Waals surface area (Å²) in [6.07, 6.45) is 0.645. The third-order valence-electron chi connectivity index (χ3n) is 2.77. The number of nitrogens with two attached hydrogens (primary N) is 2. The zero-order chi connectivity index (χ0) is 13.4. The van der Waals surface area contributed by atoms with Gasteiger partial charge in [0.15, 0.2) is 5.96 Å². The van der Waals surface area contributed by atoms with Gasteiger partial charge >= 0.3 is 0 Å². The van der Waals surface area contributed by atoms with Gasteiger partial charge in [0.1, 0.15) is 0 Å². The van der Waals surface area contributed by atoms with Crippen LogP contribution in [0, 0.1) is 5.92 Å². The van der Waals surface area contributed by atoms with Crippen LogP contribution in [0.15, 0.2) is 17.1 Å². The third kappa shape index (κ3) is 2.71. The lowest BCUT2D eigenvalue weighted by atomic mass is 10.1. The van der Waals surface area contributed by atoms with Gasteiger partial charge in [0, 0.05) is 10.9 Å². The molecule has 18 heavy (non-hydrogen) atoms. The number of carbonyl (C=O) groups is 1. The molecule has 1 saturated carbocycles. The zero-order valence-corrected chi connectivity index (χ0v) is 11.4. The SMILES string of the molecule is NC(N)=NC(=O)C1CC1c1cc(Cl)cc(Cl)c1Cl. The molecule has 0 aliphatic heterocycles. The maximum Gasteiger partial charge on any atom is 0.252 e. The highest BCUT2D eigenvalue weighted by molar-refractivity contribution is 6.43. The summed E-state index contributed by atoms with van der Waals surface area (Å²) in [6.45, 7) is 0. The quantitative estimate of drug-likeness (QED) is 0.500. The van der Waals surface area contributed by atoms with Gasteiger partial charge in [-0.25, -0.2) is 0 Å². The fraction of sp³-hybridized carbons (Fsp3) is 0.273. The van der Waals surface area contributed by atoms with Crippen LogP contribution in [0.4, 0.5) is 0 Å². The van der Waals surface area contributed by atoms with Gasteiger partial charge in [-0.1, -0.05) is 34.8 Å². The van der Waals surface area contributed by atoms with Crippen LogP contribution in [0.25, 0.3) is 0 Å². The minimum absolute atomic E-state index is 0.0238. The number of halogens is 3. The van der Waals surface area contributed by atoms with Crippen molar-refractivity contribution >= 4 is 46.7 Å². The molecule has 0 saturated heterocycles. The predicted octanol–water partition coefficient (Wildman–Crippen LogP) is 2.55. The largest absolute Gasteiger partial charge is 0.370 e. The second-order valence-corrected chi connectivity index (χ2v) is 5.34. The summed E-state index contributed by atoms with van der Waals surface area (Å²) < 4.78 is 0. The average Bonchev–Trinajstić information content (AvgIpc) is 3.02. The first kappa shape index (κ1) is 13.5. The van der Waals surface area contributed by atoms with E-state index in [1.807, 2.05) is 0 Å². The summed E-state index contributed by atoms with van der Waals surface area (Å²) >= 11 is 17.9. The van der Waals surface area contributed by atoms with Crippen LogP contribution in [-0.4, -0.2) is 11.9 Å². The Balaban J connectivity index is 2.22. The molecule has 0 spiro atoms. The molecule has 1 aromatic rings. The van der Waals surface area contributed by atoms with Crippen molar-refractivity contribution in [2.75, 3.05) is 0 Å². The Bertz CT molecular complexity index is 541. The fourth-order valence-electron chi connectivity index (χ4n) is 1.87. The molecule has 1 fully saturated rings. The van der Waals surface area contributed by atoms with E-state index in [1.165, 1.54) is 0 Å². The predicted molar refractivity (Wildman–Crippen MR) is 73.1 cm³/mol. The molecule has 2 unspecified atom stereocenters. The van der Waals surface area contributed by atoms with Crippen molar-refractivity contribution in [1.29, 1.82) is 0 Å². The van der Waals surface area contributed by atoms with Crippen LogP contribution in [0.3, 0.4) is 0 Å². The normalized spacial score (nSPS) is 21.5. The highest BCUT2D eigenvalue weighted by Crippen LogP contribution is 2.51. The molecule has 1 aliphatic carbocycles. The number of hydrogen-bond donors (Lipinski definition) is 2. The first-order valence-corrected chi connectivity index (χ1v) is 6.31. The number of nitrogens with zero attached hydrogens (tertiary/aromatic N) is 1. The van der Waals surface area contributed by atoms with Crippen molar-refractivity contribution < 1.29 is 4.79 Å². The van der Waals surface area contributed by atoms with E-state index in [-0.39, 0.29) is 23.7 Å². The lowest BCUT2D eigenvalue weighted by molar-refractivity contribution is -0.119. The van der Waals surface area contributed by atoms with Crippen molar-refractivity contribution in [2.24, 2.45) is 22.4 Å². The summed E-state index contributed by atoms with van der Waals surface area (Å²) in [4.78, 5) is 15.1. The number of rotatable bonds is 2. The Morgan fingerprint density at radius 2 is 1.94 bits per heavy atom. The fourth-order valence-corrected chi connectivity index (χ4v) is 2.63. The molecule has 4 nitrogen and oxygen atoms in total. The van der Waals surface area contributed by atoms with Gasteiger partial charge in [0.25, 0.3) is 5.91 Å². The molecule has 2 atom stereocenters. The molecule has 1 aromatic carbocycles. The minimum atomic E-state index is -0.341.